The Hall–Kier alpha value is -1.46. The van der Waals surface area contributed by atoms with Gasteiger partial charge in [-0.2, -0.15) is 0 Å². The number of hydrogen-bond donors (Lipinski definition) is 2. The molecule has 1 heterocycles. The van der Waals surface area contributed by atoms with Crippen LogP contribution in [-0.4, -0.2) is 30.7 Å². The van der Waals surface area contributed by atoms with Crippen LogP contribution < -0.4 is 20.5 Å². The van der Waals surface area contributed by atoms with Gasteiger partial charge in [0.25, 0.3) is 5.91 Å². The van der Waals surface area contributed by atoms with Gasteiger partial charge in [-0.3, -0.25) is 4.79 Å². The Kier molecular flexibility index (Phi) is 5.87. The third kappa shape index (κ3) is 3.80. The maximum absolute atomic E-state index is 12.3. The van der Waals surface area contributed by atoms with Crippen molar-refractivity contribution in [1.82, 2.24) is 5.32 Å². The number of carbonyl (C=O) groups excluding carboxylic acids is 1. The second-order valence-corrected chi connectivity index (χ2v) is 5.63. The standard InChI is InChI=1S/C15H22N2O3.ClH/c1-10(2)15(3,9-16)17-14(18)13-8-19-11-6-4-5-7-12(11)20-13;/h4-7,10,13H,8-9,16H2,1-3H3,(H,17,18);1H. The number of rotatable bonds is 4. The van der Waals surface area contributed by atoms with Gasteiger partial charge >= 0.3 is 0 Å². The Balaban J connectivity index is 0.00000220. The third-order valence-electron chi connectivity index (χ3n) is 3.91. The Morgan fingerprint density at radius 1 is 1.43 bits per heavy atom. The van der Waals surface area contributed by atoms with Crippen LogP contribution in [0.15, 0.2) is 24.3 Å². The number of para-hydroxylation sites is 2. The summed E-state index contributed by atoms with van der Waals surface area (Å²) in [6.07, 6.45) is -0.644. The number of nitrogens with two attached hydrogens (primary N) is 1. The number of fused-ring (bicyclic) bond motifs is 1. The zero-order valence-corrected chi connectivity index (χ0v) is 13.4. The lowest BCUT2D eigenvalue weighted by Gasteiger charge is -2.35. The number of hydrogen-bond acceptors (Lipinski definition) is 4. The predicted molar refractivity (Wildman–Crippen MR) is 84.0 cm³/mol. The zero-order valence-electron chi connectivity index (χ0n) is 12.6. The maximum atomic E-state index is 12.3. The minimum absolute atomic E-state index is 0. The minimum atomic E-state index is -0.644. The maximum Gasteiger partial charge on any atom is 0.265 e. The van der Waals surface area contributed by atoms with Crippen molar-refractivity contribution in [3.05, 3.63) is 24.3 Å². The van der Waals surface area contributed by atoms with E-state index in [9.17, 15) is 4.79 Å². The van der Waals surface area contributed by atoms with Gasteiger partial charge < -0.3 is 20.5 Å². The van der Waals surface area contributed by atoms with Crippen molar-refractivity contribution in [2.24, 2.45) is 11.7 Å². The first-order valence-corrected chi connectivity index (χ1v) is 6.87. The van der Waals surface area contributed by atoms with Gasteiger partial charge in [-0.15, -0.1) is 12.4 Å². The fraction of sp³-hybridized carbons (Fsp3) is 0.533. The summed E-state index contributed by atoms with van der Waals surface area (Å²) < 4.78 is 11.2. The molecule has 1 aromatic rings. The molecule has 0 radical (unpaired) electrons. The first kappa shape index (κ1) is 17.6. The molecule has 1 amide bonds. The van der Waals surface area contributed by atoms with Gasteiger partial charge in [0.2, 0.25) is 6.10 Å². The minimum Gasteiger partial charge on any atom is -0.485 e. The molecule has 0 aliphatic carbocycles. The molecule has 0 saturated carbocycles. The van der Waals surface area contributed by atoms with Crippen molar-refractivity contribution in [1.29, 1.82) is 0 Å². The highest BCUT2D eigenvalue weighted by atomic mass is 35.5. The van der Waals surface area contributed by atoms with E-state index in [4.69, 9.17) is 15.2 Å². The van der Waals surface area contributed by atoms with E-state index in [0.29, 0.717) is 18.0 Å². The highest BCUT2D eigenvalue weighted by Gasteiger charge is 2.34. The monoisotopic (exact) mass is 314 g/mol. The van der Waals surface area contributed by atoms with Crippen LogP contribution in [0.2, 0.25) is 0 Å². The number of amides is 1. The Morgan fingerprint density at radius 3 is 2.62 bits per heavy atom. The lowest BCUT2D eigenvalue weighted by molar-refractivity contribution is -0.132. The first-order valence-electron chi connectivity index (χ1n) is 6.87. The Bertz CT molecular complexity index is 496. The summed E-state index contributed by atoms with van der Waals surface area (Å²) in [4.78, 5) is 12.3. The number of nitrogens with one attached hydrogen (secondary N) is 1. The molecule has 2 unspecified atom stereocenters. The first-order chi connectivity index (χ1) is 9.46. The molecule has 0 aromatic heterocycles. The molecule has 118 valence electrons. The van der Waals surface area contributed by atoms with E-state index in [1.54, 1.807) is 6.07 Å². The van der Waals surface area contributed by atoms with Gasteiger partial charge in [0.15, 0.2) is 11.5 Å². The molecule has 3 N–H and O–H groups in total. The predicted octanol–water partition coefficient (Wildman–Crippen LogP) is 1.74. The van der Waals surface area contributed by atoms with E-state index >= 15 is 0 Å². The summed E-state index contributed by atoms with van der Waals surface area (Å²) in [6.45, 7) is 6.58. The number of benzene rings is 1. The Morgan fingerprint density at radius 2 is 2.05 bits per heavy atom. The van der Waals surface area contributed by atoms with Gasteiger partial charge in [-0.25, -0.2) is 0 Å². The number of ether oxygens (including phenoxy) is 2. The fourth-order valence-electron chi connectivity index (χ4n) is 1.94. The van der Waals surface area contributed by atoms with Gasteiger partial charge in [0, 0.05) is 6.54 Å². The summed E-state index contributed by atoms with van der Waals surface area (Å²) in [5, 5.41) is 2.97. The average Bonchev–Trinajstić information content (AvgIpc) is 2.46. The van der Waals surface area contributed by atoms with E-state index in [2.05, 4.69) is 5.32 Å². The summed E-state index contributed by atoms with van der Waals surface area (Å²) >= 11 is 0. The highest BCUT2D eigenvalue weighted by Crippen LogP contribution is 2.31. The van der Waals surface area contributed by atoms with Crippen LogP contribution in [-0.2, 0) is 4.79 Å². The molecule has 0 spiro atoms. The molecule has 1 aliphatic heterocycles. The quantitative estimate of drug-likeness (QED) is 0.888. The normalized spacial score (nSPS) is 19.4. The van der Waals surface area contributed by atoms with E-state index in [1.807, 2.05) is 39.0 Å². The molecule has 1 aromatic carbocycles. The van der Waals surface area contributed by atoms with Gasteiger partial charge in [0.05, 0.1) is 5.54 Å². The van der Waals surface area contributed by atoms with Crippen LogP contribution in [0.3, 0.4) is 0 Å². The summed E-state index contributed by atoms with van der Waals surface area (Å²) in [6, 6.07) is 7.33. The molecule has 0 fully saturated rings. The van der Waals surface area contributed by atoms with E-state index < -0.39 is 11.6 Å². The van der Waals surface area contributed by atoms with Crippen molar-refractivity contribution in [3.63, 3.8) is 0 Å². The highest BCUT2D eigenvalue weighted by molar-refractivity contribution is 5.85. The molecular weight excluding hydrogens is 292 g/mol. The van der Waals surface area contributed by atoms with Crippen molar-refractivity contribution in [2.75, 3.05) is 13.2 Å². The van der Waals surface area contributed by atoms with Crippen LogP contribution >= 0.6 is 12.4 Å². The van der Waals surface area contributed by atoms with E-state index in [1.165, 1.54) is 0 Å². The van der Waals surface area contributed by atoms with E-state index in [-0.39, 0.29) is 30.8 Å². The summed E-state index contributed by atoms with van der Waals surface area (Å²) in [5.41, 5.74) is 5.33. The van der Waals surface area contributed by atoms with Crippen molar-refractivity contribution in [3.8, 4) is 11.5 Å². The van der Waals surface area contributed by atoms with Crippen LogP contribution in [0.25, 0.3) is 0 Å². The Labute approximate surface area is 131 Å². The average molecular weight is 315 g/mol. The van der Waals surface area contributed by atoms with Crippen LogP contribution in [0.1, 0.15) is 20.8 Å². The second kappa shape index (κ2) is 7.00. The fourth-order valence-corrected chi connectivity index (χ4v) is 1.94. The molecule has 0 bridgehead atoms. The largest absolute Gasteiger partial charge is 0.485 e. The molecule has 6 heteroatoms. The molecular formula is C15H23ClN2O3. The van der Waals surface area contributed by atoms with E-state index in [0.717, 1.165) is 0 Å². The van der Waals surface area contributed by atoms with Crippen LogP contribution in [0.4, 0.5) is 0 Å². The van der Waals surface area contributed by atoms with Crippen LogP contribution in [0.5, 0.6) is 11.5 Å². The van der Waals surface area contributed by atoms with Crippen molar-refractivity contribution in [2.45, 2.75) is 32.4 Å². The van der Waals surface area contributed by atoms with Gasteiger partial charge in [-0.05, 0) is 25.0 Å². The molecule has 2 rings (SSSR count). The van der Waals surface area contributed by atoms with Crippen molar-refractivity contribution >= 4 is 18.3 Å². The lowest BCUT2D eigenvalue weighted by Crippen LogP contribution is -2.59. The smallest absolute Gasteiger partial charge is 0.265 e. The molecule has 1 aliphatic rings. The zero-order chi connectivity index (χ0) is 14.8. The molecule has 2 atom stereocenters. The number of halogens is 1. The number of carbonyl (C=O) groups is 1. The molecule has 5 nitrogen and oxygen atoms in total. The second-order valence-electron chi connectivity index (χ2n) is 5.63. The van der Waals surface area contributed by atoms with Gasteiger partial charge in [-0.1, -0.05) is 26.0 Å². The molecule has 21 heavy (non-hydrogen) atoms. The van der Waals surface area contributed by atoms with Gasteiger partial charge in [0.1, 0.15) is 6.61 Å². The SMILES string of the molecule is CC(C)C(C)(CN)NC(=O)C1COc2ccccc2O1.Cl. The topological polar surface area (TPSA) is 73.6 Å². The summed E-state index contributed by atoms with van der Waals surface area (Å²) in [5.74, 6) is 1.30. The molecule has 0 saturated heterocycles. The van der Waals surface area contributed by atoms with Crippen molar-refractivity contribution < 1.29 is 14.3 Å². The summed E-state index contributed by atoms with van der Waals surface area (Å²) in [7, 11) is 0. The van der Waals surface area contributed by atoms with Crippen LogP contribution in [0, 0.1) is 5.92 Å². The third-order valence-corrected chi connectivity index (χ3v) is 3.91. The lowest BCUT2D eigenvalue weighted by atomic mass is 9.88.